The second kappa shape index (κ2) is 5.05. The average molecular weight is 292 g/mol. The predicted molar refractivity (Wildman–Crippen MR) is 77.2 cm³/mol. The zero-order valence-electron chi connectivity index (χ0n) is 10.7. The van der Waals surface area contributed by atoms with Gasteiger partial charge >= 0.3 is 0 Å². The lowest BCUT2D eigenvalue weighted by Gasteiger charge is -2.31. The zero-order chi connectivity index (χ0) is 14.1. The number of benzene rings is 1. The van der Waals surface area contributed by atoms with Gasteiger partial charge in [-0.15, -0.1) is 0 Å². The quantitative estimate of drug-likeness (QED) is 0.382. The van der Waals surface area contributed by atoms with Crippen LogP contribution in [0.5, 0.6) is 0 Å². The Kier molecular flexibility index (Phi) is 3.23. The molecule has 0 bridgehead atoms. The van der Waals surface area contributed by atoms with E-state index in [9.17, 15) is 0 Å². The maximum absolute atomic E-state index is 8.90. The molecule has 3 rings (SSSR count). The summed E-state index contributed by atoms with van der Waals surface area (Å²) in [5.74, 6) is 1.06. The van der Waals surface area contributed by atoms with Crippen molar-refractivity contribution in [1.82, 2.24) is 9.55 Å². The minimum atomic E-state index is 0.0746. The molecule has 3 N–H and O–H groups in total. The Morgan fingerprint density at radius 2 is 2.25 bits per heavy atom. The van der Waals surface area contributed by atoms with Crippen LogP contribution in [0, 0.1) is 0 Å². The molecule has 0 spiro atoms. The van der Waals surface area contributed by atoms with Crippen molar-refractivity contribution in [3.8, 4) is 0 Å². The predicted octanol–water partition coefficient (Wildman–Crippen LogP) is 1.65. The van der Waals surface area contributed by atoms with Gasteiger partial charge in [-0.1, -0.05) is 16.8 Å². The van der Waals surface area contributed by atoms with Gasteiger partial charge in [-0.2, -0.15) is 0 Å². The Bertz CT molecular complexity index is 667. The van der Waals surface area contributed by atoms with Gasteiger partial charge in [0.1, 0.15) is 5.82 Å². The van der Waals surface area contributed by atoms with Gasteiger partial charge in [0, 0.05) is 41.8 Å². The monoisotopic (exact) mass is 291 g/mol. The van der Waals surface area contributed by atoms with E-state index in [2.05, 4.69) is 19.6 Å². The largest absolute Gasteiger partial charge is 0.409 e. The normalized spacial score (nSPS) is 15.2. The minimum absolute atomic E-state index is 0.0746. The molecule has 0 saturated carbocycles. The topological polar surface area (TPSA) is 79.7 Å². The number of anilines is 1. The van der Waals surface area contributed by atoms with Gasteiger partial charge in [0.15, 0.2) is 5.84 Å². The summed E-state index contributed by atoms with van der Waals surface area (Å²) in [7, 11) is 0. The van der Waals surface area contributed by atoms with Crippen molar-refractivity contribution >= 4 is 23.1 Å². The van der Waals surface area contributed by atoms with Gasteiger partial charge in [0.25, 0.3) is 0 Å². The van der Waals surface area contributed by atoms with E-state index in [1.807, 2.05) is 12.3 Å². The van der Waals surface area contributed by atoms with E-state index in [-0.39, 0.29) is 5.84 Å². The molecule has 0 saturated heterocycles. The molecule has 1 aliphatic rings. The van der Waals surface area contributed by atoms with E-state index < -0.39 is 0 Å². The molecule has 20 heavy (non-hydrogen) atoms. The number of aromatic nitrogens is 2. The fraction of sp³-hybridized carbons (Fsp3) is 0.231. The molecular formula is C13H14ClN5O. The highest BCUT2D eigenvalue weighted by atomic mass is 35.5. The van der Waals surface area contributed by atoms with Crippen molar-refractivity contribution in [2.45, 2.75) is 13.1 Å². The summed E-state index contributed by atoms with van der Waals surface area (Å²) in [4.78, 5) is 6.45. The molecule has 0 aliphatic carbocycles. The van der Waals surface area contributed by atoms with Crippen LogP contribution in [0.15, 0.2) is 35.7 Å². The number of rotatable bonds is 2. The number of oxime groups is 1. The summed E-state index contributed by atoms with van der Waals surface area (Å²) in [5, 5.41) is 12.6. The Balaban J connectivity index is 2.00. The molecule has 0 radical (unpaired) electrons. The molecule has 0 fully saturated rings. The molecule has 0 unspecified atom stereocenters. The molecule has 1 aromatic carbocycles. The van der Waals surface area contributed by atoms with Gasteiger partial charge in [-0.25, -0.2) is 4.98 Å². The molecule has 0 atom stereocenters. The van der Waals surface area contributed by atoms with Crippen molar-refractivity contribution in [1.29, 1.82) is 0 Å². The van der Waals surface area contributed by atoms with Crippen LogP contribution in [0.1, 0.15) is 11.4 Å². The summed E-state index contributed by atoms with van der Waals surface area (Å²) in [6, 6.07) is 5.31. The lowest BCUT2D eigenvalue weighted by atomic mass is 10.1. The first kappa shape index (κ1) is 12.8. The smallest absolute Gasteiger partial charge is 0.172 e. The number of halogens is 1. The maximum atomic E-state index is 8.90. The Labute approximate surface area is 121 Å². The molecule has 2 heterocycles. The van der Waals surface area contributed by atoms with E-state index in [4.69, 9.17) is 22.5 Å². The van der Waals surface area contributed by atoms with E-state index in [0.717, 1.165) is 24.6 Å². The minimum Gasteiger partial charge on any atom is -0.409 e. The third-order valence-electron chi connectivity index (χ3n) is 3.43. The molecule has 104 valence electrons. The first-order valence-electron chi connectivity index (χ1n) is 6.21. The highest BCUT2D eigenvalue weighted by Gasteiger charge is 2.20. The zero-order valence-corrected chi connectivity index (χ0v) is 11.5. The standard InChI is InChI=1S/C13H14ClN5O/c14-9-1-2-10(13(15)17-20)11(7-9)19-6-5-18-4-3-16-12(18)8-19/h1-4,7,20H,5-6,8H2,(H2,15,17). The summed E-state index contributed by atoms with van der Waals surface area (Å²) in [6.07, 6.45) is 3.76. The van der Waals surface area contributed by atoms with Crippen molar-refractivity contribution < 1.29 is 5.21 Å². The number of nitrogens with zero attached hydrogens (tertiary/aromatic N) is 4. The Morgan fingerprint density at radius 3 is 3.05 bits per heavy atom. The maximum Gasteiger partial charge on any atom is 0.172 e. The second-order valence-electron chi connectivity index (χ2n) is 4.61. The molecule has 0 amide bonds. The fourth-order valence-electron chi connectivity index (χ4n) is 2.42. The fourth-order valence-corrected chi connectivity index (χ4v) is 2.58. The van der Waals surface area contributed by atoms with Crippen LogP contribution in [-0.2, 0) is 13.1 Å². The number of imidazole rings is 1. The third-order valence-corrected chi connectivity index (χ3v) is 3.66. The SMILES string of the molecule is NC(=NO)c1ccc(Cl)cc1N1CCn2ccnc2C1. The van der Waals surface area contributed by atoms with Gasteiger partial charge in [-0.3, -0.25) is 0 Å². The lowest BCUT2D eigenvalue weighted by molar-refractivity contribution is 0.318. The summed E-state index contributed by atoms with van der Waals surface area (Å²) < 4.78 is 2.12. The Hall–Kier alpha value is -2.21. The molecular weight excluding hydrogens is 278 g/mol. The number of hydrogen-bond acceptors (Lipinski definition) is 4. The molecule has 1 aromatic heterocycles. The molecule has 2 aromatic rings. The lowest BCUT2D eigenvalue weighted by Crippen LogP contribution is -2.35. The van der Waals surface area contributed by atoms with Gasteiger partial charge < -0.3 is 20.4 Å². The second-order valence-corrected chi connectivity index (χ2v) is 5.04. The number of amidine groups is 1. The molecule has 1 aliphatic heterocycles. The first-order chi connectivity index (χ1) is 9.69. The highest BCUT2D eigenvalue weighted by Crippen LogP contribution is 2.27. The van der Waals surface area contributed by atoms with Crippen molar-refractivity contribution in [2.75, 3.05) is 11.4 Å². The number of nitrogens with two attached hydrogens (primary N) is 1. The summed E-state index contributed by atoms with van der Waals surface area (Å²) in [5.41, 5.74) is 7.25. The average Bonchev–Trinajstić information content (AvgIpc) is 2.93. The van der Waals surface area contributed by atoms with E-state index in [1.54, 1.807) is 18.3 Å². The van der Waals surface area contributed by atoms with Crippen molar-refractivity contribution in [3.63, 3.8) is 0 Å². The summed E-state index contributed by atoms with van der Waals surface area (Å²) in [6.45, 7) is 2.33. The first-order valence-corrected chi connectivity index (χ1v) is 6.59. The number of fused-ring (bicyclic) bond motifs is 1. The van der Waals surface area contributed by atoms with Crippen LogP contribution in [0.2, 0.25) is 5.02 Å². The molecule has 6 nitrogen and oxygen atoms in total. The van der Waals surface area contributed by atoms with E-state index in [0.29, 0.717) is 17.1 Å². The van der Waals surface area contributed by atoms with Crippen LogP contribution >= 0.6 is 11.6 Å². The number of hydrogen-bond donors (Lipinski definition) is 2. The van der Waals surface area contributed by atoms with Crippen molar-refractivity contribution in [3.05, 3.63) is 47.0 Å². The van der Waals surface area contributed by atoms with Gasteiger partial charge in [-0.05, 0) is 18.2 Å². The van der Waals surface area contributed by atoms with Crippen LogP contribution in [0.25, 0.3) is 0 Å². The van der Waals surface area contributed by atoms with Crippen molar-refractivity contribution in [2.24, 2.45) is 10.9 Å². The van der Waals surface area contributed by atoms with Crippen LogP contribution in [0.4, 0.5) is 5.69 Å². The van der Waals surface area contributed by atoms with Gasteiger partial charge in [0.2, 0.25) is 0 Å². The highest BCUT2D eigenvalue weighted by molar-refractivity contribution is 6.31. The van der Waals surface area contributed by atoms with Crippen LogP contribution in [-0.4, -0.2) is 27.1 Å². The summed E-state index contributed by atoms with van der Waals surface area (Å²) >= 11 is 6.07. The van der Waals surface area contributed by atoms with Crippen LogP contribution in [0.3, 0.4) is 0 Å². The Morgan fingerprint density at radius 1 is 1.40 bits per heavy atom. The third kappa shape index (κ3) is 2.18. The van der Waals surface area contributed by atoms with Crippen LogP contribution < -0.4 is 10.6 Å². The van der Waals surface area contributed by atoms with E-state index in [1.165, 1.54) is 0 Å². The van der Waals surface area contributed by atoms with E-state index >= 15 is 0 Å². The van der Waals surface area contributed by atoms with Gasteiger partial charge in [0.05, 0.1) is 6.54 Å². The molecule has 7 heteroatoms.